The van der Waals surface area contributed by atoms with E-state index in [1.54, 1.807) is 16.5 Å². The quantitative estimate of drug-likeness (QED) is 0.598. The number of hydrazine groups is 3. The number of aromatic nitrogens is 1. The average molecular weight is 444 g/mol. The van der Waals surface area contributed by atoms with Crippen LogP contribution in [0.25, 0.3) is 0 Å². The van der Waals surface area contributed by atoms with Crippen molar-refractivity contribution in [3.63, 3.8) is 0 Å². The molecule has 1 unspecified atom stereocenters. The number of hydrogen-bond acceptors (Lipinski definition) is 7. The minimum absolute atomic E-state index is 0.227. The third kappa shape index (κ3) is 3.14. The van der Waals surface area contributed by atoms with E-state index in [1.165, 1.54) is 0 Å². The first kappa shape index (κ1) is 18.1. The summed E-state index contributed by atoms with van der Waals surface area (Å²) in [6.07, 6.45) is 0. The molecule has 1 atom stereocenters. The van der Waals surface area contributed by atoms with Crippen molar-refractivity contribution in [2.75, 3.05) is 10.2 Å². The molecular weight excluding hydrogens is 426 g/mol. The third-order valence-corrected chi connectivity index (χ3v) is 6.09. The molecule has 0 saturated carbocycles. The molecule has 138 valence electrons. The Labute approximate surface area is 169 Å². The van der Waals surface area contributed by atoms with Crippen molar-refractivity contribution < 1.29 is 4.79 Å². The van der Waals surface area contributed by atoms with Crippen LogP contribution in [0.5, 0.6) is 0 Å². The zero-order valence-electron chi connectivity index (χ0n) is 14.8. The maximum atomic E-state index is 12.7. The summed E-state index contributed by atoms with van der Waals surface area (Å²) in [7, 11) is 0. The molecule has 2 heterocycles. The van der Waals surface area contributed by atoms with Gasteiger partial charge in [-0.25, -0.2) is 4.98 Å². The zero-order valence-corrected chi connectivity index (χ0v) is 17.2. The van der Waals surface area contributed by atoms with Crippen molar-refractivity contribution in [3.8, 4) is 0 Å². The molecule has 1 fully saturated rings. The molecule has 1 aromatic heterocycles. The summed E-state index contributed by atoms with van der Waals surface area (Å²) in [4.78, 5) is 18.5. The van der Waals surface area contributed by atoms with Crippen LogP contribution in [0.1, 0.15) is 16.1 Å². The number of nitrogens with zero attached hydrogens (tertiary/aromatic N) is 3. The van der Waals surface area contributed by atoms with E-state index in [2.05, 4.69) is 31.8 Å². The van der Waals surface area contributed by atoms with Crippen LogP contribution in [0.15, 0.2) is 60.7 Å². The predicted octanol–water partition coefficient (Wildman–Crippen LogP) is 3.79. The van der Waals surface area contributed by atoms with Crippen molar-refractivity contribution in [3.05, 3.63) is 76.8 Å². The summed E-state index contributed by atoms with van der Waals surface area (Å²) >= 11 is 4.74. The average Bonchev–Trinajstić information content (AvgIpc) is 3.25. The van der Waals surface area contributed by atoms with Gasteiger partial charge >= 0.3 is 0 Å². The number of halogens is 1. The molecule has 1 aliphatic rings. The molecule has 2 N–H and O–H groups in total. The first-order valence-electron chi connectivity index (χ1n) is 8.41. The topological polar surface area (TPSA) is 60.5 Å². The maximum absolute atomic E-state index is 12.7. The van der Waals surface area contributed by atoms with Crippen LogP contribution in [0.4, 0.5) is 10.8 Å². The lowest BCUT2D eigenvalue weighted by Crippen LogP contribution is -2.53. The summed E-state index contributed by atoms with van der Waals surface area (Å²) in [5.41, 5.74) is 8.13. The molecule has 0 bridgehead atoms. The Morgan fingerprint density at radius 3 is 2.15 bits per heavy atom. The number of carbonyl (C=O) groups excluding carboxylic acids is 1. The Bertz CT molecular complexity index is 945. The number of carbonyl (C=O) groups is 1. The number of para-hydroxylation sites is 1. The van der Waals surface area contributed by atoms with E-state index in [4.69, 9.17) is 0 Å². The lowest BCUT2D eigenvalue weighted by molar-refractivity contribution is -0.116. The Morgan fingerprint density at radius 2 is 1.59 bits per heavy atom. The SMILES string of the molecule is Cc1nc(N2NC(C(=O)Br)(c3ccccc3)NN2c2ccccc2)sc1C. The standard InChI is InChI=1S/C19H18BrN5OS/c1-13-14(2)27-18(21-13)25-23-19(17(20)26,15-9-5-3-6-10-15)22-24(25)16-11-7-4-8-12-16/h3-12,22-23H,1-2H3. The second kappa shape index (κ2) is 7.05. The molecule has 2 aromatic carbocycles. The minimum atomic E-state index is -1.16. The first-order chi connectivity index (χ1) is 13.0. The van der Waals surface area contributed by atoms with Gasteiger partial charge in [-0.1, -0.05) is 59.9 Å². The summed E-state index contributed by atoms with van der Waals surface area (Å²) in [5, 5.41) is 4.34. The molecule has 6 nitrogen and oxygen atoms in total. The minimum Gasteiger partial charge on any atom is -0.282 e. The fourth-order valence-corrected chi connectivity index (χ4v) is 4.16. The lowest BCUT2D eigenvalue weighted by atomic mass is 10.0. The van der Waals surface area contributed by atoms with Gasteiger partial charge in [0.05, 0.1) is 11.4 Å². The van der Waals surface area contributed by atoms with Gasteiger partial charge in [0.1, 0.15) is 0 Å². The van der Waals surface area contributed by atoms with Crippen molar-refractivity contribution in [1.82, 2.24) is 15.8 Å². The normalized spacial score (nSPS) is 19.5. The lowest BCUT2D eigenvalue weighted by Gasteiger charge is -2.26. The summed E-state index contributed by atoms with van der Waals surface area (Å²) in [5.74, 6) is 0. The van der Waals surface area contributed by atoms with Gasteiger partial charge in [-0.15, -0.1) is 0 Å². The van der Waals surface area contributed by atoms with Crippen molar-refractivity contribution >= 4 is 42.8 Å². The number of hydrogen-bond donors (Lipinski definition) is 2. The summed E-state index contributed by atoms with van der Waals surface area (Å²) < 4.78 is -0.227. The fraction of sp³-hybridized carbons (Fsp3) is 0.158. The van der Waals surface area contributed by atoms with Crippen molar-refractivity contribution in [1.29, 1.82) is 0 Å². The van der Waals surface area contributed by atoms with Gasteiger partial charge in [0.25, 0.3) is 0 Å². The molecule has 1 aliphatic heterocycles. The maximum Gasteiger partial charge on any atom is 0.240 e. The molecule has 0 radical (unpaired) electrons. The van der Waals surface area contributed by atoms with Gasteiger partial charge in [-0.2, -0.15) is 21.1 Å². The van der Waals surface area contributed by atoms with Gasteiger partial charge in [-0.3, -0.25) is 4.79 Å². The predicted molar refractivity (Wildman–Crippen MR) is 111 cm³/mol. The Kier molecular flexibility index (Phi) is 4.73. The fourth-order valence-electron chi connectivity index (χ4n) is 2.89. The molecule has 4 rings (SSSR count). The number of aryl methyl sites for hydroxylation is 2. The van der Waals surface area contributed by atoms with Crippen LogP contribution < -0.4 is 21.1 Å². The molecular formula is C19H18BrN5OS. The van der Waals surface area contributed by atoms with Gasteiger partial charge in [-0.05, 0) is 47.5 Å². The van der Waals surface area contributed by atoms with Gasteiger partial charge in [0.15, 0.2) is 0 Å². The summed E-state index contributed by atoms with van der Waals surface area (Å²) in [6.45, 7) is 4.01. The Hall–Kier alpha value is -2.26. The summed E-state index contributed by atoms with van der Waals surface area (Å²) in [6, 6.07) is 19.3. The Balaban J connectivity index is 1.84. The first-order valence-corrected chi connectivity index (χ1v) is 10.0. The molecule has 1 saturated heterocycles. The van der Waals surface area contributed by atoms with E-state index in [9.17, 15) is 4.79 Å². The Morgan fingerprint density at radius 1 is 1.00 bits per heavy atom. The highest BCUT2D eigenvalue weighted by molar-refractivity contribution is 9.18. The van der Waals surface area contributed by atoms with Gasteiger partial charge in [0, 0.05) is 4.88 Å². The number of thiazole rings is 1. The van der Waals surface area contributed by atoms with Gasteiger partial charge in [0.2, 0.25) is 15.5 Å². The zero-order chi connectivity index (χ0) is 19.0. The van der Waals surface area contributed by atoms with E-state index in [0.29, 0.717) is 0 Å². The highest BCUT2D eigenvalue weighted by Gasteiger charge is 2.50. The van der Waals surface area contributed by atoms with E-state index < -0.39 is 5.66 Å². The highest BCUT2D eigenvalue weighted by atomic mass is 79.9. The molecule has 27 heavy (non-hydrogen) atoms. The van der Waals surface area contributed by atoms with Crippen LogP contribution in [-0.4, -0.2) is 9.68 Å². The number of anilines is 2. The number of rotatable bonds is 4. The highest BCUT2D eigenvalue weighted by Crippen LogP contribution is 2.35. The van der Waals surface area contributed by atoms with Crippen LogP contribution in [0, 0.1) is 13.8 Å². The smallest absolute Gasteiger partial charge is 0.240 e. The van der Waals surface area contributed by atoms with E-state index in [0.717, 1.165) is 27.0 Å². The molecule has 8 heteroatoms. The molecule has 3 aromatic rings. The van der Waals surface area contributed by atoms with Crippen molar-refractivity contribution in [2.24, 2.45) is 0 Å². The number of nitrogens with one attached hydrogen (secondary N) is 2. The largest absolute Gasteiger partial charge is 0.282 e. The molecule has 0 amide bonds. The van der Waals surface area contributed by atoms with E-state index in [-0.39, 0.29) is 4.69 Å². The second-order valence-electron chi connectivity index (χ2n) is 6.21. The van der Waals surface area contributed by atoms with Gasteiger partial charge < -0.3 is 0 Å². The molecule has 0 aliphatic carbocycles. The number of benzene rings is 2. The van der Waals surface area contributed by atoms with Crippen LogP contribution in [0.2, 0.25) is 0 Å². The molecule has 0 spiro atoms. The third-order valence-electron chi connectivity index (χ3n) is 4.45. The van der Waals surface area contributed by atoms with Crippen LogP contribution in [0.3, 0.4) is 0 Å². The van der Waals surface area contributed by atoms with E-state index >= 15 is 0 Å². The monoisotopic (exact) mass is 443 g/mol. The van der Waals surface area contributed by atoms with Crippen LogP contribution in [-0.2, 0) is 10.5 Å². The van der Waals surface area contributed by atoms with Crippen LogP contribution >= 0.6 is 27.3 Å². The van der Waals surface area contributed by atoms with Crippen molar-refractivity contribution in [2.45, 2.75) is 19.5 Å². The van der Waals surface area contributed by atoms with E-state index in [1.807, 2.05) is 79.6 Å². The second-order valence-corrected chi connectivity index (χ2v) is 8.11.